The van der Waals surface area contributed by atoms with Crippen LogP contribution in [0.25, 0.3) is 0 Å². The highest BCUT2D eigenvalue weighted by molar-refractivity contribution is 5.94. The fourth-order valence-corrected chi connectivity index (χ4v) is 3.00. The summed E-state index contributed by atoms with van der Waals surface area (Å²) in [7, 11) is 0. The van der Waals surface area contributed by atoms with E-state index in [1.54, 1.807) is 13.8 Å². The first-order valence-electron chi connectivity index (χ1n) is 11.6. The second-order valence-corrected chi connectivity index (χ2v) is 8.48. The number of carbonyl (C=O) groups excluding carboxylic acids is 3. The van der Waals surface area contributed by atoms with Gasteiger partial charge in [0.1, 0.15) is 24.2 Å². The average molecular weight is 518 g/mol. The van der Waals surface area contributed by atoms with Crippen molar-refractivity contribution in [2.24, 2.45) is 28.1 Å². The molecule has 6 atom stereocenters. The number of aliphatic hydroxyl groups excluding tert-OH is 1. The van der Waals surface area contributed by atoms with Gasteiger partial charge in [-0.1, -0.05) is 20.3 Å². The van der Waals surface area contributed by atoms with Crippen molar-refractivity contribution in [1.82, 2.24) is 16.0 Å². The highest BCUT2D eigenvalue weighted by Crippen LogP contribution is 2.11. The van der Waals surface area contributed by atoms with Crippen molar-refractivity contribution in [3.63, 3.8) is 0 Å². The standard InChI is InChI=1S/C21H39N7O8/c1-4-10(2)16(28-18(33)15(22)11(3)29)19(34)26-12(7-8-14(30)31)17(32)27-13(20(35)36)6-5-9-25-21(23)24/h10-13,15-16,29H,4-9,22H2,1-3H3,(H,26,34)(H,27,32)(H,28,33)(H,30,31)(H,35,36)(H4,23,24,25). The monoisotopic (exact) mass is 517 g/mol. The minimum atomic E-state index is -1.40. The van der Waals surface area contributed by atoms with Crippen LogP contribution in [-0.2, 0) is 24.0 Å². The first-order valence-corrected chi connectivity index (χ1v) is 11.6. The summed E-state index contributed by atoms with van der Waals surface area (Å²) in [5.41, 5.74) is 16.1. The second-order valence-electron chi connectivity index (χ2n) is 8.48. The van der Waals surface area contributed by atoms with Crippen molar-refractivity contribution in [2.45, 2.75) is 83.1 Å². The number of carboxylic acids is 2. The minimum absolute atomic E-state index is 0.0275. The first kappa shape index (κ1) is 32.5. The third kappa shape index (κ3) is 12.3. The third-order valence-electron chi connectivity index (χ3n) is 5.46. The van der Waals surface area contributed by atoms with Crippen molar-refractivity contribution in [3.05, 3.63) is 0 Å². The van der Waals surface area contributed by atoms with Crippen LogP contribution in [0.3, 0.4) is 0 Å². The molecule has 0 aliphatic heterocycles. The smallest absolute Gasteiger partial charge is 0.326 e. The van der Waals surface area contributed by atoms with E-state index in [0.717, 1.165) is 0 Å². The van der Waals surface area contributed by atoms with Gasteiger partial charge in [0.05, 0.1) is 6.10 Å². The number of aliphatic imine (C=N–C) groups is 1. The van der Waals surface area contributed by atoms with Gasteiger partial charge in [-0.25, -0.2) is 4.79 Å². The predicted molar refractivity (Wildman–Crippen MR) is 129 cm³/mol. The predicted octanol–water partition coefficient (Wildman–Crippen LogP) is -2.80. The lowest BCUT2D eigenvalue weighted by Crippen LogP contribution is -2.59. The molecule has 0 rings (SSSR count). The zero-order valence-electron chi connectivity index (χ0n) is 20.8. The maximum absolute atomic E-state index is 13.0. The summed E-state index contributed by atoms with van der Waals surface area (Å²) in [5.74, 6) is -5.64. The summed E-state index contributed by atoms with van der Waals surface area (Å²) in [6.07, 6.45) is -1.35. The number of aliphatic hydroxyl groups is 1. The summed E-state index contributed by atoms with van der Waals surface area (Å²) in [4.78, 5) is 64.6. The Labute approximate surface area is 209 Å². The van der Waals surface area contributed by atoms with Gasteiger partial charge in [-0.05, 0) is 32.1 Å². The lowest BCUT2D eigenvalue weighted by molar-refractivity contribution is -0.143. The van der Waals surface area contributed by atoms with E-state index >= 15 is 0 Å². The fourth-order valence-electron chi connectivity index (χ4n) is 3.00. The van der Waals surface area contributed by atoms with Crippen LogP contribution in [0.15, 0.2) is 4.99 Å². The quantitative estimate of drug-likeness (QED) is 0.0539. The third-order valence-corrected chi connectivity index (χ3v) is 5.46. The van der Waals surface area contributed by atoms with Gasteiger partial charge in [-0.2, -0.15) is 0 Å². The van der Waals surface area contributed by atoms with Crippen molar-refractivity contribution < 1.29 is 39.3 Å². The molecule has 0 heterocycles. The van der Waals surface area contributed by atoms with E-state index in [2.05, 4.69) is 20.9 Å². The van der Waals surface area contributed by atoms with E-state index in [9.17, 15) is 34.2 Å². The largest absolute Gasteiger partial charge is 0.481 e. The number of carboxylic acid groups (broad SMARTS) is 2. The molecule has 0 aliphatic carbocycles. The van der Waals surface area contributed by atoms with Crippen LogP contribution in [-0.4, -0.2) is 87.8 Å². The molecule has 15 heteroatoms. The zero-order chi connectivity index (χ0) is 28.0. The summed E-state index contributed by atoms with van der Waals surface area (Å²) in [6, 6.07) is -5.19. The van der Waals surface area contributed by atoms with Crippen molar-refractivity contribution >= 4 is 35.6 Å². The average Bonchev–Trinajstić information content (AvgIpc) is 2.79. The number of hydrogen-bond donors (Lipinski definition) is 9. The lowest BCUT2D eigenvalue weighted by Gasteiger charge is -2.28. The Balaban J connectivity index is 5.60. The number of rotatable bonds is 17. The molecule has 15 nitrogen and oxygen atoms in total. The molecule has 6 unspecified atom stereocenters. The highest BCUT2D eigenvalue weighted by atomic mass is 16.4. The van der Waals surface area contributed by atoms with Crippen LogP contribution in [0.2, 0.25) is 0 Å². The number of hydrogen-bond acceptors (Lipinski definition) is 8. The fraction of sp³-hybridized carbons (Fsp3) is 0.714. The summed E-state index contributed by atoms with van der Waals surface area (Å²) >= 11 is 0. The van der Waals surface area contributed by atoms with Gasteiger partial charge >= 0.3 is 11.9 Å². The Kier molecular flexibility index (Phi) is 14.7. The second kappa shape index (κ2) is 16.3. The van der Waals surface area contributed by atoms with Crippen LogP contribution < -0.4 is 33.2 Å². The minimum Gasteiger partial charge on any atom is -0.481 e. The Morgan fingerprint density at radius 3 is 1.94 bits per heavy atom. The molecule has 0 bridgehead atoms. The molecular formula is C21H39N7O8. The summed E-state index contributed by atoms with van der Waals surface area (Å²) < 4.78 is 0. The molecule has 12 N–H and O–H groups in total. The molecule has 36 heavy (non-hydrogen) atoms. The Bertz CT molecular complexity index is 801. The van der Waals surface area contributed by atoms with Gasteiger partial charge in [0, 0.05) is 13.0 Å². The van der Waals surface area contributed by atoms with Gasteiger partial charge in [0.15, 0.2) is 5.96 Å². The Morgan fingerprint density at radius 2 is 1.47 bits per heavy atom. The molecule has 0 fully saturated rings. The van der Waals surface area contributed by atoms with E-state index in [0.29, 0.717) is 6.42 Å². The Hall–Kier alpha value is -3.46. The van der Waals surface area contributed by atoms with Crippen molar-refractivity contribution in [1.29, 1.82) is 0 Å². The zero-order valence-corrected chi connectivity index (χ0v) is 20.8. The van der Waals surface area contributed by atoms with Gasteiger partial charge in [0.25, 0.3) is 0 Å². The SMILES string of the molecule is CCC(C)C(NC(=O)C(N)C(C)O)C(=O)NC(CCC(=O)O)C(=O)NC(CCCN=C(N)N)C(=O)O. The van der Waals surface area contributed by atoms with Gasteiger partial charge < -0.3 is 48.5 Å². The van der Waals surface area contributed by atoms with Gasteiger partial charge in [-0.3, -0.25) is 24.2 Å². The van der Waals surface area contributed by atoms with Crippen molar-refractivity contribution in [2.75, 3.05) is 6.54 Å². The molecular weight excluding hydrogens is 478 g/mol. The van der Waals surface area contributed by atoms with E-state index in [4.69, 9.17) is 22.3 Å². The van der Waals surface area contributed by atoms with Crippen LogP contribution in [0.5, 0.6) is 0 Å². The number of nitrogens with two attached hydrogens (primary N) is 3. The van der Waals surface area contributed by atoms with E-state index in [-0.39, 0.29) is 31.8 Å². The van der Waals surface area contributed by atoms with E-state index < -0.39 is 72.3 Å². The van der Waals surface area contributed by atoms with Gasteiger partial charge in [-0.15, -0.1) is 0 Å². The van der Waals surface area contributed by atoms with E-state index in [1.165, 1.54) is 6.92 Å². The number of guanidine groups is 1. The molecule has 0 saturated heterocycles. The number of nitrogens with zero attached hydrogens (tertiary/aromatic N) is 1. The summed E-state index contributed by atoms with van der Waals surface area (Å²) in [5, 5.41) is 35.2. The topological polar surface area (TPSA) is 273 Å². The molecule has 206 valence electrons. The first-order chi connectivity index (χ1) is 16.7. The van der Waals surface area contributed by atoms with Crippen LogP contribution in [0.4, 0.5) is 0 Å². The van der Waals surface area contributed by atoms with E-state index in [1.807, 2.05) is 0 Å². The van der Waals surface area contributed by atoms with Crippen molar-refractivity contribution in [3.8, 4) is 0 Å². The number of nitrogens with one attached hydrogen (secondary N) is 3. The van der Waals surface area contributed by atoms with Crippen LogP contribution in [0.1, 0.15) is 52.9 Å². The molecule has 0 aromatic rings. The normalized spacial score (nSPS) is 15.8. The Morgan fingerprint density at radius 1 is 0.889 bits per heavy atom. The van der Waals surface area contributed by atoms with Crippen LogP contribution >= 0.6 is 0 Å². The molecule has 0 aromatic heterocycles. The van der Waals surface area contributed by atoms with Crippen LogP contribution in [0, 0.1) is 5.92 Å². The summed E-state index contributed by atoms with van der Waals surface area (Å²) in [6.45, 7) is 4.87. The number of carbonyl (C=O) groups is 5. The molecule has 0 aliphatic rings. The maximum Gasteiger partial charge on any atom is 0.326 e. The molecule has 3 amide bonds. The highest BCUT2D eigenvalue weighted by Gasteiger charge is 2.33. The lowest BCUT2D eigenvalue weighted by atomic mass is 9.96. The molecule has 0 radical (unpaired) electrons. The maximum atomic E-state index is 13.0. The molecule has 0 spiro atoms. The molecule has 0 saturated carbocycles. The van der Waals surface area contributed by atoms with Gasteiger partial charge in [0.2, 0.25) is 17.7 Å². The number of aliphatic carboxylic acids is 2. The molecule has 0 aromatic carbocycles. The number of amides is 3.